The van der Waals surface area contributed by atoms with Crippen LogP contribution in [-0.2, 0) is 35.1 Å². The van der Waals surface area contributed by atoms with Gasteiger partial charge < -0.3 is 38.4 Å². The summed E-state index contributed by atoms with van der Waals surface area (Å²) in [6, 6.07) is 30.4. The lowest BCUT2D eigenvalue weighted by Crippen LogP contribution is -2.52. The molecule has 1 saturated heterocycles. The Morgan fingerprint density at radius 2 is 1.25 bits per heavy atom. The SMILES string of the molecule is CC/C(=C(\c1ccc(O)cc1)c1ccc(OCCOCCOCCOCCOCCOc2cccc3c2CN(C2CCC(=O)NC2=O)C3=O)cc1)c1ccccc1. The molecule has 12 heteroatoms. The normalized spacial score (nSPS) is 15.6. The number of carbonyl (C=O) groups excluding carboxylic acids is 3. The zero-order chi connectivity index (χ0) is 39.8. The lowest BCUT2D eigenvalue weighted by atomic mass is 9.88. The first kappa shape index (κ1) is 41.1. The van der Waals surface area contributed by atoms with Gasteiger partial charge in [0, 0.05) is 17.5 Å². The molecule has 2 aliphatic rings. The fourth-order valence-corrected chi connectivity index (χ4v) is 6.91. The summed E-state index contributed by atoms with van der Waals surface area (Å²) in [6.07, 6.45) is 1.37. The van der Waals surface area contributed by atoms with Crippen LogP contribution in [0, 0.1) is 0 Å². The van der Waals surface area contributed by atoms with Gasteiger partial charge in [-0.3, -0.25) is 19.7 Å². The van der Waals surface area contributed by atoms with E-state index in [0.29, 0.717) is 83.8 Å². The molecule has 1 fully saturated rings. The summed E-state index contributed by atoms with van der Waals surface area (Å²) < 4.78 is 34.3. The number of phenols is 1. The van der Waals surface area contributed by atoms with Crippen LogP contribution in [0.1, 0.15) is 58.8 Å². The Morgan fingerprint density at radius 1 is 0.667 bits per heavy atom. The molecule has 3 amide bonds. The zero-order valence-electron chi connectivity index (χ0n) is 32.3. The number of nitrogens with zero attached hydrogens (tertiary/aromatic N) is 1. The minimum absolute atomic E-state index is 0.208. The van der Waals surface area contributed by atoms with Crippen molar-refractivity contribution in [2.45, 2.75) is 38.8 Å². The Kier molecular flexibility index (Phi) is 15.2. The Hall–Kier alpha value is -5.53. The second-order valence-corrected chi connectivity index (χ2v) is 13.5. The maximum Gasteiger partial charge on any atom is 0.255 e. The molecule has 0 aliphatic carbocycles. The highest BCUT2D eigenvalue weighted by Crippen LogP contribution is 2.36. The summed E-state index contributed by atoms with van der Waals surface area (Å²) >= 11 is 0. The minimum atomic E-state index is -0.669. The number of hydrogen-bond donors (Lipinski definition) is 2. The fourth-order valence-electron chi connectivity index (χ4n) is 6.91. The highest BCUT2D eigenvalue weighted by atomic mass is 16.6. The van der Waals surface area contributed by atoms with E-state index in [0.717, 1.165) is 34.4 Å². The van der Waals surface area contributed by atoms with E-state index in [1.807, 2.05) is 42.5 Å². The van der Waals surface area contributed by atoms with Crippen LogP contribution in [0.5, 0.6) is 17.2 Å². The topological polar surface area (TPSA) is 142 Å². The molecule has 0 spiro atoms. The van der Waals surface area contributed by atoms with Crippen molar-refractivity contribution in [3.8, 4) is 17.2 Å². The van der Waals surface area contributed by atoms with Crippen molar-refractivity contribution >= 4 is 28.9 Å². The van der Waals surface area contributed by atoms with Crippen molar-refractivity contribution in [3.63, 3.8) is 0 Å². The van der Waals surface area contributed by atoms with Crippen molar-refractivity contribution in [2.24, 2.45) is 0 Å². The molecule has 4 aromatic rings. The molecule has 1 atom stereocenters. The van der Waals surface area contributed by atoms with Gasteiger partial charge in [0.2, 0.25) is 11.8 Å². The van der Waals surface area contributed by atoms with E-state index in [2.05, 4.69) is 36.5 Å². The summed E-state index contributed by atoms with van der Waals surface area (Å²) in [4.78, 5) is 38.4. The summed E-state index contributed by atoms with van der Waals surface area (Å²) in [7, 11) is 0. The Balaban J connectivity index is 0.799. The number of aromatic hydroxyl groups is 1. The number of benzene rings is 4. The molecule has 6 rings (SSSR count). The van der Waals surface area contributed by atoms with Crippen LogP contribution in [0.15, 0.2) is 97.1 Å². The van der Waals surface area contributed by atoms with Crippen molar-refractivity contribution in [3.05, 3.63) is 125 Å². The van der Waals surface area contributed by atoms with E-state index in [9.17, 15) is 19.5 Å². The molecule has 0 aromatic heterocycles. The number of carbonyl (C=O) groups is 3. The number of allylic oxidation sites excluding steroid dienone is 1. The van der Waals surface area contributed by atoms with Crippen molar-refractivity contribution in [1.29, 1.82) is 0 Å². The molecular weight excluding hydrogens is 728 g/mol. The van der Waals surface area contributed by atoms with E-state index in [-0.39, 0.29) is 30.5 Å². The quantitative estimate of drug-likeness (QED) is 0.0551. The van der Waals surface area contributed by atoms with Gasteiger partial charge in [0.25, 0.3) is 5.91 Å². The Bertz CT molecular complexity index is 1960. The molecule has 12 nitrogen and oxygen atoms in total. The van der Waals surface area contributed by atoms with Crippen LogP contribution in [0.4, 0.5) is 0 Å². The van der Waals surface area contributed by atoms with Crippen molar-refractivity contribution in [1.82, 2.24) is 10.2 Å². The minimum Gasteiger partial charge on any atom is -0.508 e. The van der Waals surface area contributed by atoms with Crippen molar-refractivity contribution in [2.75, 3.05) is 66.1 Å². The van der Waals surface area contributed by atoms with Gasteiger partial charge in [-0.05, 0) is 77.1 Å². The first-order valence-electron chi connectivity index (χ1n) is 19.4. The number of amides is 3. The average Bonchev–Trinajstić information content (AvgIpc) is 3.57. The third-order valence-corrected chi connectivity index (χ3v) is 9.71. The number of nitrogens with one attached hydrogen (secondary N) is 1. The van der Waals surface area contributed by atoms with E-state index < -0.39 is 11.9 Å². The summed E-state index contributed by atoms with van der Waals surface area (Å²) in [6.45, 7) is 6.45. The third-order valence-electron chi connectivity index (χ3n) is 9.71. The summed E-state index contributed by atoms with van der Waals surface area (Å²) in [5.41, 5.74) is 6.86. The number of hydrogen-bond acceptors (Lipinski definition) is 10. The summed E-state index contributed by atoms with van der Waals surface area (Å²) in [5.74, 6) is 0.577. The molecule has 0 radical (unpaired) electrons. The average molecular weight is 779 g/mol. The highest BCUT2D eigenvalue weighted by Gasteiger charge is 2.40. The number of fused-ring (bicyclic) bond motifs is 1. The van der Waals surface area contributed by atoms with Crippen LogP contribution in [-0.4, -0.2) is 99.8 Å². The van der Waals surface area contributed by atoms with Crippen LogP contribution in [0.2, 0.25) is 0 Å². The fraction of sp³-hybridized carbons (Fsp3) is 0.356. The van der Waals surface area contributed by atoms with Gasteiger partial charge in [-0.25, -0.2) is 0 Å². The van der Waals surface area contributed by atoms with Gasteiger partial charge in [-0.15, -0.1) is 0 Å². The molecule has 2 aliphatic heterocycles. The predicted octanol–water partition coefficient (Wildman–Crippen LogP) is 6.05. The molecule has 0 bridgehead atoms. The number of rotatable bonds is 22. The number of ether oxygens (including phenoxy) is 6. The molecule has 2 N–H and O–H groups in total. The number of phenolic OH excluding ortho intramolecular Hbond substituents is 1. The van der Waals surface area contributed by atoms with E-state index in [1.54, 1.807) is 30.3 Å². The van der Waals surface area contributed by atoms with Gasteiger partial charge in [0.1, 0.15) is 36.5 Å². The largest absolute Gasteiger partial charge is 0.508 e. The van der Waals surface area contributed by atoms with Crippen LogP contribution in [0.3, 0.4) is 0 Å². The second-order valence-electron chi connectivity index (χ2n) is 13.5. The number of piperidine rings is 1. The van der Waals surface area contributed by atoms with Gasteiger partial charge in [-0.1, -0.05) is 67.6 Å². The maximum absolute atomic E-state index is 13.0. The van der Waals surface area contributed by atoms with Gasteiger partial charge in [0.05, 0.1) is 59.4 Å². The standard InChI is InChI=1S/C45H50N2O10/c1-2-37(32-7-4-3-5-8-32)43(33-11-15-35(48)16-12-33)34-13-17-36(18-14-34)56-29-27-54-25-23-52-21-22-53-24-26-55-28-30-57-41-10-6-9-38-39(41)31-47(45(38)51)40-19-20-42(49)46-44(40)50/h3-18,40,48H,2,19-31H2,1H3,(H,46,49,50)/b43-37-. The molecule has 2 heterocycles. The predicted molar refractivity (Wildman–Crippen MR) is 214 cm³/mol. The van der Waals surface area contributed by atoms with Crippen LogP contribution >= 0.6 is 0 Å². The molecule has 1 unspecified atom stereocenters. The van der Waals surface area contributed by atoms with Gasteiger partial charge in [0.15, 0.2) is 0 Å². The van der Waals surface area contributed by atoms with Crippen molar-refractivity contribution < 1.29 is 47.9 Å². The van der Waals surface area contributed by atoms with Gasteiger partial charge in [-0.2, -0.15) is 0 Å². The third kappa shape index (κ3) is 11.3. The molecule has 57 heavy (non-hydrogen) atoms. The van der Waals surface area contributed by atoms with E-state index >= 15 is 0 Å². The number of imide groups is 1. The molecular formula is C45H50N2O10. The lowest BCUT2D eigenvalue weighted by molar-refractivity contribution is -0.136. The Labute approximate surface area is 333 Å². The first-order chi connectivity index (χ1) is 27.9. The van der Waals surface area contributed by atoms with E-state index in [4.69, 9.17) is 28.4 Å². The zero-order valence-corrected chi connectivity index (χ0v) is 32.3. The monoisotopic (exact) mass is 778 g/mol. The first-order valence-corrected chi connectivity index (χ1v) is 19.4. The van der Waals surface area contributed by atoms with Crippen LogP contribution in [0.25, 0.3) is 11.1 Å². The molecule has 300 valence electrons. The molecule has 4 aromatic carbocycles. The Morgan fingerprint density at radius 3 is 1.84 bits per heavy atom. The van der Waals surface area contributed by atoms with Crippen LogP contribution < -0.4 is 14.8 Å². The highest BCUT2D eigenvalue weighted by molar-refractivity contribution is 6.05. The molecule has 0 saturated carbocycles. The smallest absolute Gasteiger partial charge is 0.255 e. The lowest BCUT2D eigenvalue weighted by Gasteiger charge is -2.29. The van der Waals surface area contributed by atoms with E-state index in [1.165, 1.54) is 16.0 Å². The maximum atomic E-state index is 13.0. The summed E-state index contributed by atoms with van der Waals surface area (Å²) in [5, 5.41) is 12.2. The second kappa shape index (κ2) is 21.1. The van der Waals surface area contributed by atoms with Gasteiger partial charge >= 0.3 is 0 Å².